The number of urea groups is 1. The first kappa shape index (κ1) is 16.6. The normalized spacial score (nSPS) is 19.7. The van der Waals surface area contributed by atoms with Crippen molar-refractivity contribution in [3.63, 3.8) is 0 Å². The van der Waals surface area contributed by atoms with Crippen molar-refractivity contribution in [2.75, 3.05) is 31.1 Å². The molecular formula is C21H23N3O2. The molecule has 5 nitrogen and oxygen atoms in total. The summed E-state index contributed by atoms with van der Waals surface area (Å²) in [5.41, 5.74) is 2.86. The van der Waals surface area contributed by atoms with Crippen LogP contribution in [0.4, 0.5) is 10.5 Å². The molecule has 0 aromatic heterocycles. The van der Waals surface area contributed by atoms with Crippen molar-refractivity contribution in [1.82, 2.24) is 10.2 Å². The number of anilines is 1. The highest BCUT2D eigenvalue weighted by Gasteiger charge is 2.27. The van der Waals surface area contributed by atoms with E-state index in [-0.39, 0.29) is 11.9 Å². The van der Waals surface area contributed by atoms with Gasteiger partial charge in [0.1, 0.15) is 0 Å². The molecule has 2 saturated heterocycles. The van der Waals surface area contributed by atoms with Crippen molar-refractivity contribution in [2.45, 2.75) is 12.8 Å². The Bertz CT molecular complexity index is 789. The monoisotopic (exact) mass is 349 g/mol. The maximum atomic E-state index is 12.8. The van der Waals surface area contributed by atoms with Crippen molar-refractivity contribution in [1.29, 1.82) is 0 Å². The van der Waals surface area contributed by atoms with Crippen LogP contribution in [0.15, 0.2) is 54.6 Å². The molecule has 2 aliphatic heterocycles. The third-order valence-corrected chi connectivity index (χ3v) is 5.22. The van der Waals surface area contributed by atoms with Crippen LogP contribution in [0.1, 0.15) is 22.3 Å². The Hall–Kier alpha value is -2.82. The number of carbonyl (C=O) groups is 2. The van der Waals surface area contributed by atoms with Gasteiger partial charge in [-0.05, 0) is 48.6 Å². The fourth-order valence-electron chi connectivity index (χ4n) is 3.82. The van der Waals surface area contributed by atoms with E-state index in [4.69, 9.17) is 0 Å². The molecular weight excluding hydrogens is 326 g/mol. The molecule has 1 N–H and O–H groups in total. The van der Waals surface area contributed by atoms with Gasteiger partial charge in [0.05, 0.1) is 0 Å². The molecule has 26 heavy (non-hydrogen) atoms. The Morgan fingerprint density at radius 3 is 2.50 bits per heavy atom. The van der Waals surface area contributed by atoms with E-state index in [0.717, 1.165) is 31.6 Å². The smallest absolute Gasteiger partial charge is 0.321 e. The van der Waals surface area contributed by atoms with Gasteiger partial charge in [-0.25, -0.2) is 4.79 Å². The third-order valence-electron chi connectivity index (χ3n) is 5.22. The van der Waals surface area contributed by atoms with Crippen molar-refractivity contribution in [2.24, 2.45) is 5.92 Å². The summed E-state index contributed by atoms with van der Waals surface area (Å²) in [6.45, 7) is 2.95. The molecule has 0 spiro atoms. The SMILES string of the molecule is O=C(c1ccc(N2CCNC2=O)cc1)N1CC[C@@H](Cc2ccccc2)C1. The van der Waals surface area contributed by atoms with Gasteiger partial charge in [-0.15, -0.1) is 0 Å². The third kappa shape index (κ3) is 3.43. The van der Waals surface area contributed by atoms with Crippen molar-refractivity contribution >= 4 is 17.6 Å². The average molecular weight is 349 g/mol. The first-order valence-electron chi connectivity index (χ1n) is 9.19. The van der Waals surface area contributed by atoms with Gasteiger partial charge in [0, 0.05) is 37.4 Å². The lowest BCUT2D eigenvalue weighted by atomic mass is 9.99. The van der Waals surface area contributed by atoms with Gasteiger partial charge in [-0.3, -0.25) is 9.69 Å². The van der Waals surface area contributed by atoms with E-state index in [0.29, 0.717) is 24.6 Å². The highest BCUT2D eigenvalue weighted by molar-refractivity contribution is 5.97. The number of hydrogen-bond donors (Lipinski definition) is 1. The van der Waals surface area contributed by atoms with E-state index in [9.17, 15) is 9.59 Å². The molecule has 2 fully saturated rings. The van der Waals surface area contributed by atoms with Crippen molar-refractivity contribution in [3.8, 4) is 0 Å². The van der Waals surface area contributed by atoms with Crippen LogP contribution in [-0.2, 0) is 6.42 Å². The number of benzene rings is 2. The van der Waals surface area contributed by atoms with Gasteiger partial charge in [0.2, 0.25) is 0 Å². The summed E-state index contributed by atoms with van der Waals surface area (Å²) >= 11 is 0. The van der Waals surface area contributed by atoms with Gasteiger partial charge in [-0.1, -0.05) is 30.3 Å². The van der Waals surface area contributed by atoms with E-state index in [2.05, 4.69) is 29.6 Å². The largest absolute Gasteiger partial charge is 0.338 e. The maximum Gasteiger partial charge on any atom is 0.321 e. The molecule has 0 radical (unpaired) electrons. The van der Waals surface area contributed by atoms with E-state index in [1.807, 2.05) is 35.2 Å². The van der Waals surface area contributed by atoms with Gasteiger partial charge >= 0.3 is 6.03 Å². The molecule has 2 heterocycles. The fraction of sp³-hybridized carbons (Fsp3) is 0.333. The lowest BCUT2D eigenvalue weighted by molar-refractivity contribution is 0.0787. The van der Waals surface area contributed by atoms with Crippen LogP contribution in [0.5, 0.6) is 0 Å². The highest BCUT2D eigenvalue weighted by Crippen LogP contribution is 2.24. The lowest BCUT2D eigenvalue weighted by Crippen LogP contribution is -2.29. The molecule has 4 rings (SSSR count). The summed E-state index contributed by atoms with van der Waals surface area (Å²) in [6, 6.07) is 17.8. The molecule has 0 aliphatic carbocycles. The molecule has 0 saturated carbocycles. The maximum absolute atomic E-state index is 12.8. The quantitative estimate of drug-likeness (QED) is 0.923. The standard InChI is InChI=1S/C21H23N3O2/c25-20(18-6-8-19(9-7-18)24-13-11-22-21(24)26)23-12-10-17(15-23)14-16-4-2-1-3-5-16/h1-9,17H,10-15H2,(H,22,26)/t17-/m0/s1. The summed E-state index contributed by atoms with van der Waals surface area (Å²) in [7, 11) is 0. The Balaban J connectivity index is 1.38. The minimum absolute atomic E-state index is 0.0765. The van der Waals surface area contributed by atoms with Crippen LogP contribution in [0, 0.1) is 5.92 Å². The Labute approximate surface area is 153 Å². The van der Waals surface area contributed by atoms with E-state index < -0.39 is 0 Å². The first-order valence-corrected chi connectivity index (χ1v) is 9.19. The van der Waals surface area contributed by atoms with Gasteiger partial charge in [0.25, 0.3) is 5.91 Å². The van der Waals surface area contributed by atoms with Crippen LogP contribution in [0.25, 0.3) is 0 Å². The minimum Gasteiger partial charge on any atom is -0.338 e. The number of rotatable bonds is 4. The highest BCUT2D eigenvalue weighted by atomic mass is 16.2. The minimum atomic E-state index is -0.0765. The van der Waals surface area contributed by atoms with Crippen LogP contribution in [0.3, 0.4) is 0 Å². The second-order valence-corrected chi connectivity index (χ2v) is 7.03. The van der Waals surface area contributed by atoms with Crippen LogP contribution >= 0.6 is 0 Å². The van der Waals surface area contributed by atoms with Crippen molar-refractivity contribution in [3.05, 3.63) is 65.7 Å². The Morgan fingerprint density at radius 1 is 1.04 bits per heavy atom. The predicted molar refractivity (Wildman–Crippen MR) is 101 cm³/mol. The number of amides is 3. The van der Waals surface area contributed by atoms with Gasteiger partial charge < -0.3 is 10.2 Å². The average Bonchev–Trinajstić information content (AvgIpc) is 3.31. The second kappa shape index (κ2) is 7.20. The predicted octanol–water partition coefficient (Wildman–Crippen LogP) is 2.92. The molecule has 2 aromatic carbocycles. The lowest BCUT2D eigenvalue weighted by Gasteiger charge is -2.18. The summed E-state index contributed by atoms with van der Waals surface area (Å²) in [4.78, 5) is 28.1. The van der Waals surface area contributed by atoms with E-state index in [1.54, 1.807) is 4.90 Å². The van der Waals surface area contributed by atoms with Gasteiger partial charge in [-0.2, -0.15) is 0 Å². The Kier molecular flexibility index (Phi) is 4.61. The second-order valence-electron chi connectivity index (χ2n) is 7.03. The topological polar surface area (TPSA) is 52.7 Å². The van der Waals surface area contributed by atoms with Crippen LogP contribution < -0.4 is 10.2 Å². The van der Waals surface area contributed by atoms with Crippen molar-refractivity contribution < 1.29 is 9.59 Å². The molecule has 2 aliphatic rings. The molecule has 1 atom stereocenters. The Morgan fingerprint density at radius 2 is 1.81 bits per heavy atom. The molecule has 0 bridgehead atoms. The van der Waals surface area contributed by atoms with E-state index in [1.165, 1.54) is 5.56 Å². The zero-order valence-corrected chi connectivity index (χ0v) is 14.7. The van der Waals surface area contributed by atoms with E-state index >= 15 is 0 Å². The molecule has 5 heteroatoms. The summed E-state index contributed by atoms with van der Waals surface area (Å²) in [5.74, 6) is 0.604. The zero-order chi connectivity index (χ0) is 17.9. The number of hydrogen-bond acceptors (Lipinski definition) is 2. The number of nitrogens with zero attached hydrogens (tertiary/aromatic N) is 2. The van der Waals surface area contributed by atoms with Crippen LogP contribution in [0.2, 0.25) is 0 Å². The fourth-order valence-corrected chi connectivity index (χ4v) is 3.82. The summed E-state index contributed by atoms with van der Waals surface area (Å²) < 4.78 is 0. The van der Waals surface area contributed by atoms with Crippen LogP contribution in [-0.4, -0.2) is 43.0 Å². The number of carbonyl (C=O) groups excluding carboxylic acids is 2. The molecule has 0 unspecified atom stereocenters. The molecule has 2 aromatic rings. The number of nitrogens with one attached hydrogen (secondary N) is 1. The summed E-state index contributed by atoms with van der Waals surface area (Å²) in [5, 5.41) is 2.79. The zero-order valence-electron chi connectivity index (χ0n) is 14.7. The molecule has 134 valence electrons. The first-order chi connectivity index (χ1) is 12.7. The van der Waals surface area contributed by atoms with Gasteiger partial charge in [0.15, 0.2) is 0 Å². The number of likely N-dealkylation sites (tertiary alicyclic amines) is 1. The summed E-state index contributed by atoms with van der Waals surface area (Å²) in [6.07, 6.45) is 2.07. The molecule has 3 amide bonds.